The van der Waals surface area contributed by atoms with E-state index >= 15 is 0 Å². The molecule has 5 rings (SSSR count). The molecule has 0 radical (unpaired) electrons. The van der Waals surface area contributed by atoms with E-state index in [-0.39, 0.29) is 49.8 Å². The number of hydrogen-bond acceptors (Lipinski definition) is 7. The highest BCUT2D eigenvalue weighted by atomic mass is 32.2. The predicted octanol–water partition coefficient (Wildman–Crippen LogP) is 4.02. The van der Waals surface area contributed by atoms with Crippen molar-refractivity contribution in [1.29, 1.82) is 0 Å². The van der Waals surface area contributed by atoms with Crippen molar-refractivity contribution in [2.75, 3.05) is 29.0 Å². The quantitative estimate of drug-likeness (QED) is 0.307. The number of nitrogens with one attached hydrogen (secondary N) is 3. The van der Waals surface area contributed by atoms with Crippen molar-refractivity contribution in [3.05, 3.63) is 78.4 Å². The van der Waals surface area contributed by atoms with Crippen LogP contribution >= 0.6 is 0 Å². The molecule has 0 aliphatic carbocycles. The van der Waals surface area contributed by atoms with Gasteiger partial charge in [0, 0.05) is 16.3 Å². The number of para-hydroxylation sites is 4. The number of methoxy groups -OCH3 is 2. The standard InChI is InChI=1S/C25H21N3O7S2/c1-34-19-12-5-3-10-17(19)27-36(30,31)21-14-22(24-23-15(21)8-7-9-16(23)25(29)26-24)37(32,33)28-18-11-4-6-13-20(18)35-2/h3-14,27-28H,1-2H3,(H,26,29). The van der Waals surface area contributed by atoms with Crippen molar-refractivity contribution in [3.63, 3.8) is 0 Å². The van der Waals surface area contributed by atoms with Gasteiger partial charge >= 0.3 is 0 Å². The topological polar surface area (TPSA) is 140 Å². The Morgan fingerprint density at radius 1 is 0.703 bits per heavy atom. The van der Waals surface area contributed by atoms with Crippen molar-refractivity contribution < 1.29 is 31.1 Å². The number of amides is 1. The summed E-state index contributed by atoms with van der Waals surface area (Å²) < 4.78 is 69.9. The molecule has 0 spiro atoms. The molecule has 1 aliphatic rings. The molecule has 4 aromatic rings. The van der Waals surface area contributed by atoms with Gasteiger partial charge in [-0.3, -0.25) is 14.2 Å². The number of ether oxygens (including phenoxy) is 2. The number of anilines is 3. The molecule has 0 saturated carbocycles. The van der Waals surface area contributed by atoms with E-state index in [1.165, 1.54) is 44.6 Å². The van der Waals surface area contributed by atoms with Gasteiger partial charge in [-0.25, -0.2) is 16.8 Å². The maximum atomic E-state index is 13.6. The highest BCUT2D eigenvalue weighted by Gasteiger charge is 2.34. The summed E-state index contributed by atoms with van der Waals surface area (Å²) in [5, 5.41) is 2.96. The number of benzene rings is 4. The molecule has 0 aromatic heterocycles. The number of hydrogen-bond donors (Lipinski definition) is 3. The van der Waals surface area contributed by atoms with E-state index in [1.807, 2.05) is 0 Å². The van der Waals surface area contributed by atoms with Crippen LogP contribution in [0.25, 0.3) is 10.8 Å². The Morgan fingerprint density at radius 2 is 1.24 bits per heavy atom. The molecule has 37 heavy (non-hydrogen) atoms. The van der Waals surface area contributed by atoms with E-state index < -0.39 is 30.8 Å². The first kappa shape index (κ1) is 24.4. The zero-order chi connectivity index (χ0) is 26.4. The van der Waals surface area contributed by atoms with E-state index in [1.54, 1.807) is 36.4 Å². The van der Waals surface area contributed by atoms with Crippen LogP contribution in [0, 0.1) is 0 Å². The zero-order valence-corrected chi connectivity index (χ0v) is 21.2. The van der Waals surface area contributed by atoms with Gasteiger partial charge < -0.3 is 14.8 Å². The lowest BCUT2D eigenvalue weighted by molar-refractivity contribution is 0.103. The number of carbonyl (C=O) groups is 1. The largest absolute Gasteiger partial charge is 0.495 e. The van der Waals surface area contributed by atoms with Crippen LogP contribution in [0.4, 0.5) is 17.1 Å². The fourth-order valence-electron chi connectivity index (χ4n) is 4.21. The molecule has 0 saturated heterocycles. The van der Waals surface area contributed by atoms with Crippen LogP contribution in [0.1, 0.15) is 10.4 Å². The van der Waals surface area contributed by atoms with Crippen LogP contribution in [-0.2, 0) is 20.0 Å². The molecule has 0 fully saturated rings. The van der Waals surface area contributed by atoms with Crippen LogP contribution in [0.5, 0.6) is 11.5 Å². The Hall–Kier alpha value is -4.29. The predicted molar refractivity (Wildman–Crippen MR) is 140 cm³/mol. The average molecular weight is 540 g/mol. The molecule has 1 heterocycles. The SMILES string of the molecule is COc1ccccc1NS(=O)(=O)c1cc(S(=O)(=O)Nc2ccccc2OC)c2cccc3c2c1NC3=O. The second-order valence-electron chi connectivity index (χ2n) is 8.04. The molecule has 0 bridgehead atoms. The smallest absolute Gasteiger partial charge is 0.264 e. The van der Waals surface area contributed by atoms with Crippen LogP contribution in [-0.4, -0.2) is 37.0 Å². The summed E-state index contributed by atoms with van der Waals surface area (Å²) >= 11 is 0. The minimum absolute atomic E-state index is 0.00533. The lowest BCUT2D eigenvalue weighted by Crippen LogP contribution is -2.18. The molecular formula is C25H21N3O7S2. The zero-order valence-electron chi connectivity index (χ0n) is 19.6. The monoisotopic (exact) mass is 539 g/mol. The van der Waals surface area contributed by atoms with Crippen molar-refractivity contribution in [3.8, 4) is 11.5 Å². The summed E-state index contributed by atoms with van der Waals surface area (Å²) in [6.45, 7) is 0. The van der Waals surface area contributed by atoms with Crippen LogP contribution in [0.2, 0.25) is 0 Å². The molecule has 4 aromatic carbocycles. The van der Waals surface area contributed by atoms with E-state index in [0.29, 0.717) is 0 Å². The fourth-order valence-corrected chi connectivity index (χ4v) is 6.84. The van der Waals surface area contributed by atoms with Gasteiger partial charge in [0.25, 0.3) is 26.0 Å². The highest BCUT2D eigenvalue weighted by molar-refractivity contribution is 7.93. The fraction of sp³-hybridized carbons (Fsp3) is 0.0800. The second-order valence-corrected chi connectivity index (χ2v) is 11.3. The third kappa shape index (κ3) is 4.19. The van der Waals surface area contributed by atoms with E-state index in [4.69, 9.17) is 9.47 Å². The Kier molecular flexibility index (Phi) is 5.92. The second kappa shape index (κ2) is 8.98. The summed E-state index contributed by atoms with van der Waals surface area (Å²) in [6.07, 6.45) is 0. The minimum atomic E-state index is -4.40. The van der Waals surface area contributed by atoms with Gasteiger partial charge in [0.05, 0.1) is 36.2 Å². The Balaban J connectivity index is 1.73. The van der Waals surface area contributed by atoms with E-state index in [0.717, 1.165) is 6.07 Å². The lowest BCUT2D eigenvalue weighted by atomic mass is 10.1. The van der Waals surface area contributed by atoms with Crippen molar-refractivity contribution in [2.45, 2.75) is 9.79 Å². The third-order valence-corrected chi connectivity index (χ3v) is 8.65. The Labute approximate surface area is 213 Å². The number of carbonyl (C=O) groups excluding carboxylic acids is 1. The molecule has 0 atom stereocenters. The molecule has 3 N–H and O–H groups in total. The lowest BCUT2D eigenvalue weighted by Gasteiger charge is -2.17. The number of sulfonamides is 2. The summed E-state index contributed by atoms with van der Waals surface area (Å²) in [4.78, 5) is 12.0. The highest BCUT2D eigenvalue weighted by Crippen LogP contribution is 2.43. The molecule has 10 nitrogen and oxygen atoms in total. The van der Waals surface area contributed by atoms with Gasteiger partial charge in [-0.05, 0) is 36.4 Å². The first-order valence-corrected chi connectivity index (χ1v) is 13.9. The average Bonchev–Trinajstić information content (AvgIpc) is 3.21. The van der Waals surface area contributed by atoms with Crippen molar-refractivity contribution in [1.82, 2.24) is 0 Å². The van der Waals surface area contributed by atoms with Crippen LogP contribution in [0.3, 0.4) is 0 Å². The van der Waals surface area contributed by atoms with Crippen molar-refractivity contribution >= 4 is 53.8 Å². The minimum Gasteiger partial charge on any atom is -0.495 e. The van der Waals surface area contributed by atoms with Gasteiger partial charge in [0.2, 0.25) is 0 Å². The summed E-state index contributed by atoms with van der Waals surface area (Å²) in [7, 11) is -5.96. The number of rotatable bonds is 8. The first-order valence-electron chi connectivity index (χ1n) is 10.9. The molecule has 190 valence electrons. The van der Waals surface area contributed by atoms with Gasteiger partial charge in [0.15, 0.2) is 0 Å². The Morgan fingerprint density at radius 3 is 1.81 bits per heavy atom. The maximum absolute atomic E-state index is 13.6. The molecule has 0 unspecified atom stereocenters. The third-order valence-electron chi connectivity index (χ3n) is 5.85. The molecule has 1 amide bonds. The van der Waals surface area contributed by atoms with Crippen molar-refractivity contribution in [2.24, 2.45) is 0 Å². The van der Waals surface area contributed by atoms with E-state index in [9.17, 15) is 21.6 Å². The van der Waals surface area contributed by atoms with Gasteiger partial charge in [-0.2, -0.15) is 0 Å². The maximum Gasteiger partial charge on any atom is 0.264 e. The summed E-state index contributed by atoms with van der Waals surface area (Å²) in [5.74, 6) is -0.000178. The van der Waals surface area contributed by atoms with Gasteiger partial charge in [-0.15, -0.1) is 0 Å². The van der Waals surface area contributed by atoms with Crippen LogP contribution in [0.15, 0.2) is 82.6 Å². The first-order chi connectivity index (χ1) is 17.7. The summed E-state index contributed by atoms with van der Waals surface area (Å²) in [5.41, 5.74) is 0.468. The normalized spacial score (nSPS) is 12.8. The summed E-state index contributed by atoms with van der Waals surface area (Å²) in [6, 6.07) is 18.4. The molecule has 12 heteroatoms. The Bertz CT molecular complexity index is 1790. The van der Waals surface area contributed by atoms with Gasteiger partial charge in [0.1, 0.15) is 16.4 Å². The molecule has 1 aliphatic heterocycles. The molecular weight excluding hydrogens is 518 g/mol. The van der Waals surface area contributed by atoms with Crippen LogP contribution < -0.4 is 24.2 Å². The van der Waals surface area contributed by atoms with Gasteiger partial charge in [-0.1, -0.05) is 36.4 Å². The van der Waals surface area contributed by atoms with E-state index in [2.05, 4.69) is 14.8 Å².